The molecule has 0 aromatic heterocycles. The van der Waals surface area contributed by atoms with E-state index < -0.39 is 61.1 Å². The van der Waals surface area contributed by atoms with Crippen LogP contribution in [0.25, 0.3) is 0 Å². The van der Waals surface area contributed by atoms with Gasteiger partial charge in [0.2, 0.25) is 0 Å². The van der Waals surface area contributed by atoms with Crippen LogP contribution < -0.4 is 0 Å². The van der Waals surface area contributed by atoms with E-state index in [4.69, 9.17) is 9.05 Å². The first-order valence-electron chi connectivity index (χ1n) is 7.81. The lowest BCUT2D eigenvalue weighted by Gasteiger charge is -2.23. The van der Waals surface area contributed by atoms with Crippen molar-refractivity contribution in [3.8, 4) is 0 Å². The van der Waals surface area contributed by atoms with E-state index in [-0.39, 0.29) is 0 Å². The van der Waals surface area contributed by atoms with Crippen molar-refractivity contribution in [1.29, 1.82) is 0 Å². The van der Waals surface area contributed by atoms with Crippen molar-refractivity contribution in [2.45, 2.75) is 52.7 Å². The lowest BCUT2D eigenvalue weighted by molar-refractivity contribution is 0.0455. The molecule has 0 aromatic rings. The molecule has 0 fully saturated rings. The summed E-state index contributed by atoms with van der Waals surface area (Å²) in [5, 5.41) is 0. The quantitative estimate of drug-likeness (QED) is 0.289. The topological polar surface area (TPSA) is 167 Å². The Hall–Kier alpha value is 0.330. The van der Waals surface area contributed by atoms with Gasteiger partial charge < -0.3 is 14.7 Å². The third-order valence-corrected chi connectivity index (χ3v) is 5.56. The first kappa shape index (κ1) is 27.3. The summed E-state index contributed by atoms with van der Waals surface area (Å²) in [5.41, 5.74) is -1.85. The second kappa shape index (κ2) is 10.4. The van der Waals surface area contributed by atoms with Crippen LogP contribution in [0.15, 0.2) is 0 Å². The average molecular weight is 458 g/mol. The molecule has 0 aliphatic carbocycles. The maximum atomic E-state index is 11.6. The number of phosphoric ester groups is 3. The Kier molecular flexibility index (Phi) is 10.5. The maximum absolute atomic E-state index is 11.6. The van der Waals surface area contributed by atoms with Gasteiger partial charge in [0.05, 0.1) is 37.6 Å². The summed E-state index contributed by atoms with van der Waals surface area (Å²) in [7, 11) is -13.2. The summed E-state index contributed by atoms with van der Waals surface area (Å²) in [6.45, 7) is 7.17. The van der Waals surface area contributed by atoms with E-state index in [9.17, 15) is 28.4 Å². The molecular weight excluding hydrogens is 429 g/mol. The zero-order valence-corrected chi connectivity index (χ0v) is 18.9. The molecule has 0 spiro atoms. The minimum absolute atomic E-state index is 0.514. The van der Waals surface area contributed by atoms with Crippen LogP contribution in [0.1, 0.15) is 41.5 Å². The van der Waals surface area contributed by atoms with Crippen molar-refractivity contribution in [3.63, 3.8) is 0 Å². The number of hydrogen-bond acceptors (Lipinski definition) is 9. The number of hydrogen-bond donors (Lipinski definition) is 3. The minimum Gasteiger partial charge on any atom is -0.302 e. The molecule has 2 atom stereocenters. The minimum atomic E-state index is -4.52. The summed E-state index contributed by atoms with van der Waals surface area (Å²) < 4.78 is 62.5. The molecule has 0 aliphatic rings. The summed E-state index contributed by atoms with van der Waals surface area (Å²) in [6.07, 6.45) is 0. The summed E-state index contributed by atoms with van der Waals surface area (Å²) in [6, 6.07) is 0. The zero-order chi connectivity index (χ0) is 21.6. The van der Waals surface area contributed by atoms with E-state index in [0.717, 1.165) is 0 Å². The highest BCUT2D eigenvalue weighted by Gasteiger charge is 2.30. The van der Waals surface area contributed by atoms with Gasteiger partial charge in [-0.25, -0.2) is 13.7 Å². The Morgan fingerprint density at radius 1 is 0.556 bits per heavy atom. The van der Waals surface area contributed by atoms with Crippen LogP contribution in [0.3, 0.4) is 0 Å². The van der Waals surface area contributed by atoms with Crippen LogP contribution in [0, 0.1) is 0 Å². The van der Waals surface area contributed by atoms with Gasteiger partial charge >= 0.3 is 23.5 Å². The van der Waals surface area contributed by atoms with Crippen LogP contribution >= 0.6 is 23.5 Å². The number of phosphoric acid groups is 3. The van der Waals surface area contributed by atoms with Gasteiger partial charge in [-0.1, -0.05) is 0 Å². The van der Waals surface area contributed by atoms with Crippen molar-refractivity contribution in [3.05, 3.63) is 0 Å². The summed E-state index contributed by atoms with van der Waals surface area (Å²) in [5.74, 6) is 0. The van der Waals surface area contributed by atoms with E-state index in [0.29, 0.717) is 0 Å². The molecule has 0 heterocycles. The first-order chi connectivity index (χ1) is 11.8. The lowest BCUT2D eigenvalue weighted by atomic mass is 10.2. The molecule has 12 nitrogen and oxygen atoms in total. The maximum Gasteiger partial charge on any atom is 0.472 e. The van der Waals surface area contributed by atoms with Crippen molar-refractivity contribution < 1.29 is 55.5 Å². The normalized spacial score (nSPS) is 19.9. The van der Waals surface area contributed by atoms with Gasteiger partial charge in [0.1, 0.15) is 0 Å². The highest BCUT2D eigenvalue weighted by atomic mass is 31.2. The van der Waals surface area contributed by atoms with Crippen molar-refractivity contribution in [2.75, 3.05) is 26.4 Å². The van der Waals surface area contributed by atoms with E-state index >= 15 is 0 Å². The molecule has 15 heteroatoms. The Labute approximate surface area is 158 Å². The first-order valence-corrected chi connectivity index (χ1v) is 12.3. The molecule has 3 N–H and O–H groups in total. The molecule has 0 aromatic carbocycles. The Morgan fingerprint density at radius 2 is 0.778 bits per heavy atom. The van der Waals surface area contributed by atoms with Gasteiger partial charge in [0, 0.05) is 0 Å². The van der Waals surface area contributed by atoms with Gasteiger partial charge in [0.25, 0.3) is 0 Å². The summed E-state index contributed by atoms with van der Waals surface area (Å²) >= 11 is 0. The van der Waals surface area contributed by atoms with Gasteiger partial charge in [-0.05, 0) is 41.5 Å². The molecule has 2 unspecified atom stereocenters. The van der Waals surface area contributed by atoms with Gasteiger partial charge in [-0.3, -0.25) is 27.1 Å². The second-order valence-electron chi connectivity index (χ2n) is 7.15. The Balaban J connectivity index is 4.14. The van der Waals surface area contributed by atoms with E-state index in [1.165, 1.54) is 0 Å². The number of rotatable bonds is 12. The van der Waals surface area contributed by atoms with Crippen molar-refractivity contribution >= 4 is 23.5 Å². The largest absolute Gasteiger partial charge is 0.472 e. The second-order valence-corrected chi connectivity index (χ2v) is 11.4. The third-order valence-electron chi connectivity index (χ3n) is 1.96. The van der Waals surface area contributed by atoms with Crippen LogP contribution in [-0.4, -0.2) is 52.3 Å². The van der Waals surface area contributed by atoms with Crippen molar-refractivity contribution in [1.82, 2.24) is 0 Å². The van der Waals surface area contributed by atoms with Crippen LogP contribution in [0.2, 0.25) is 0 Å². The van der Waals surface area contributed by atoms with E-state index in [2.05, 4.69) is 18.1 Å². The standard InChI is InChI=1S/C12H29O12P3/c1-11(2,3)23-26(15,16)21-9-7-19-25(13,14)20-8-10-22-27(17,18)24-12(4,5)6/h7-10H2,1-6H3,(H,13,14)(H,15,16)(H,17,18). The molecule has 0 rings (SSSR count). The molecule has 0 aliphatic heterocycles. The van der Waals surface area contributed by atoms with Crippen LogP contribution in [-0.2, 0) is 40.8 Å². The molecule has 0 amide bonds. The molecule has 0 bridgehead atoms. The van der Waals surface area contributed by atoms with Crippen molar-refractivity contribution in [2.24, 2.45) is 0 Å². The molecule has 27 heavy (non-hydrogen) atoms. The van der Waals surface area contributed by atoms with Crippen LogP contribution in [0.5, 0.6) is 0 Å². The zero-order valence-electron chi connectivity index (χ0n) is 16.2. The lowest BCUT2D eigenvalue weighted by Crippen LogP contribution is -2.19. The fourth-order valence-electron chi connectivity index (χ4n) is 1.39. The summed E-state index contributed by atoms with van der Waals surface area (Å²) in [4.78, 5) is 28.3. The molecule has 0 saturated carbocycles. The smallest absolute Gasteiger partial charge is 0.302 e. The van der Waals surface area contributed by atoms with E-state index in [1.54, 1.807) is 41.5 Å². The van der Waals surface area contributed by atoms with Gasteiger partial charge in [-0.2, -0.15) is 0 Å². The molecular formula is C12H29O12P3. The fourth-order valence-corrected chi connectivity index (χ4v) is 4.18. The highest BCUT2D eigenvalue weighted by Crippen LogP contribution is 2.49. The predicted octanol–water partition coefficient (Wildman–Crippen LogP) is 2.98. The monoisotopic (exact) mass is 458 g/mol. The Morgan fingerprint density at radius 3 is 1.00 bits per heavy atom. The van der Waals surface area contributed by atoms with Crippen LogP contribution in [0.4, 0.5) is 0 Å². The highest BCUT2D eigenvalue weighted by molar-refractivity contribution is 7.48. The van der Waals surface area contributed by atoms with E-state index in [1.807, 2.05) is 0 Å². The fraction of sp³-hybridized carbons (Fsp3) is 1.00. The van der Waals surface area contributed by atoms with Gasteiger partial charge in [0.15, 0.2) is 0 Å². The third kappa shape index (κ3) is 16.9. The molecule has 0 radical (unpaired) electrons. The van der Waals surface area contributed by atoms with Gasteiger partial charge in [-0.15, -0.1) is 0 Å². The SMILES string of the molecule is CC(C)(C)OP(=O)(O)OCCOP(=O)(O)OCCOP(=O)(O)OC(C)(C)C. The molecule has 0 saturated heterocycles. The Bertz CT molecular complexity index is 545. The predicted molar refractivity (Wildman–Crippen MR) is 95.0 cm³/mol. The average Bonchev–Trinajstić information content (AvgIpc) is 2.34. The molecule has 164 valence electrons.